The summed E-state index contributed by atoms with van der Waals surface area (Å²) in [4.78, 5) is 15.7. The Morgan fingerprint density at radius 1 is 0.833 bits per heavy atom. The molecule has 2 aromatic carbocycles. The Bertz CT molecular complexity index is 668. The Balaban J connectivity index is 1.54. The molecule has 0 N–H and O–H groups in total. The molecule has 3 nitrogen and oxygen atoms in total. The van der Waals surface area contributed by atoms with Crippen molar-refractivity contribution >= 4 is 11.6 Å². The maximum Gasteiger partial charge on any atom is 0.219 e. The first-order valence-electron chi connectivity index (χ1n) is 8.77. The highest BCUT2D eigenvalue weighted by Gasteiger charge is 2.18. The van der Waals surface area contributed by atoms with Crippen molar-refractivity contribution in [1.29, 1.82) is 0 Å². The van der Waals surface area contributed by atoms with Gasteiger partial charge in [0.05, 0.1) is 0 Å². The molecule has 0 saturated carbocycles. The van der Waals surface area contributed by atoms with E-state index in [0.29, 0.717) is 0 Å². The minimum absolute atomic E-state index is 0.182. The zero-order chi connectivity index (χ0) is 16.9. The highest BCUT2D eigenvalue weighted by Crippen LogP contribution is 2.18. The smallest absolute Gasteiger partial charge is 0.219 e. The second-order valence-corrected chi connectivity index (χ2v) is 6.65. The summed E-state index contributed by atoms with van der Waals surface area (Å²) in [5, 5.41) is 0. The number of benzene rings is 2. The van der Waals surface area contributed by atoms with Crippen LogP contribution in [0.4, 0.5) is 5.69 Å². The standard InChI is InChI=1S/C21H26N2O/c1-17-3-5-19(6-4-17)7-8-20-9-11-21(12-10-20)23-15-13-22(14-16-23)18(2)24/h3-6,9-12H,7-8,13-16H2,1-2H3. The van der Waals surface area contributed by atoms with Gasteiger partial charge in [-0.05, 0) is 43.0 Å². The summed E-state index contributed by atoms with van der Waals surface area (Å²) in [6.45, 7) is 7.26. The van der Waals surface area contributed by atoms with Crippen LogP contribution in [0.1, 0.15) is 23.6 Å². The van der Waals surface area contributed by atoms with Crippen LogP contribution in [0.5, 0.6) is 0 Å². The molecule has 3 heteroatoms. The number of rotatable bonds is 4. The van der Waals surface area contributed by atoms with Crippen LogP contribution < -0.4 is 4.90 Å². The van der Waals surface area contributed by atoms with Crippen molar-refractivity contribution in [2.75, 3.05) is 31.1 Å². The Kier molecular flexibility index (Phi) is 5.19. The van der Waals surface area contributed by atoms with Gasteiger partial charge in [0.15, 0.2) is 0 Å². The van der Waals surface area contributed by atoms with E-state index >= 15 is 0 Å². The highest BCUT2D eigenvalue weighted by molar-refractivity contribution is 5.73. The van der Waals surface area contributed by atoms with E-state index in [9.17, 15) is 4.79 Å². The summed E-state index contributed by atoms with van der Waals surface area (Å²) < 4.78 is 0. The molecule has 0 radical (unpaired) electrons. The lowest BCUT2D eigenvalue weighted by atomic mass is 10.0. The second kappa shape index (κ2) is 7.52. The summed E-state index contributed by atoms with van der Waals surface area (Å²) >= 11 is 0. The first-order chi connectivity index (χ1) is 11.6. The Morgan fingerprint density at radius 2 is 1.33 bits per heavy atom. The SMILES string of the molecule is CC(=O)N1CCN(c2ccc(CCc3ccc(C)cc3)cc2)CC1. The van der Waals surface area contributed by atoms with Gasteiger partial charge in [0.1, 0.15) is 0 Å². The van der Waals surface area contributed by atoms with E-state index in [1.165, 1.54) is 22.4 Å². The number of anilines is 1. The van der Waals surface area contributed by atoms with E-state index in [4.69, 9.17) is 0 Å². The molecule has 0 atom stereocenters. The largest absolute Gasteiger partial charge is 0.368 e. The number of amides is 1. The van der Waals surface area contributed by atoms with E-state index in [1.807, 2.05) is 4.90 Å². The predicted octanol–water partition coefficient (Wildman–Crippen LogP) is 3.45. The summed E-state index contributed by atoms with van der Waals surface area (Å²) in [6.07, 6.45) is 2.15. The average Bonchev–Trinajstić information content (AvgIpc) is 2.62. The lowest BCUT2D eigenvalue weighted by Crippen LogP contribution is -2.48. The summed E-state index contributed by atoms with van der Waals surface area (Å²) in [7, 11) is 0. The molecule has 0 aliphatic carbocycles. The molecule has 1 aliphatic heterocycles. The third-order valence-electron chi connectivity index (χ3n) is 4.85. The van der Waals surface area contributed by atoms with Gasteiger partial charge in [-0.25, -0.2) is 0 Å². The zero-order valence-corrected chi connectivity index (χ0v) is 14.7. The number of carbonyl (C=O) groups is 1. The summed E-state index contributed by atoms with van der Waals surface area (Å²) in [5.41, 5.74) is 5.34. The van der Waals surface area contributed by atoms with Crippen molar-refractivity contribution in [3.63, 3.8) is 0 Å². The van der Waals surface area contributed by atoms with Crippen molar-refractivity contribution in [2.45, 2.75) is 26.7 Å². The van der Waals surface area contributed by atoms with Gasteiger partial charge >= 0.3 is 0 Å². The zero-order valence-electron chi connectivity index (χ0n) is 14.7. The monoisotopic (exact) mass is 322 g/mol. The molecule has 24 heavy (non-hydrogen) atoms. The number of piperazine rings is 1. The van der Waals surface area contributed by atoms with Crippen molar-refractivity contribution in [3.05, 3.63) is 65.2 Å². The van der Waals surface area contributed by atoms with Gasteiger partial charge in [0.2, 0.25) is 5.91 Å². The van der Waals surface area contributed by atoms with Crippen molar-refractivity contribution in [2.24, 2.45) is 0 Å². The third kappa shape index (κ3) is 4.16. The van der Waals surface area contributed by atoms with Crippen LogP contribution in [0.3, 0.4) is 0 Å². The van der Waals surface area contributed by atoms with E-state index < -0.39 is 0 Å². The van der Waals surface area contributed by atoms with Crippen LogP contribution in [0.25, 0.3) is 0 Å². The van der Waals surface area contributed by atoms with Crippen molar-refractivity contribution in [1.82, 2.24) is 4.90 Å². The first-order valence-corrected chi connectivity index (χ1v) is 8.77. The van der Waals surface area contributed by atoms with Crippen LogP contribution in [-0.2, 0) is 17.6 Å². The maximum atomic E-state index is 11.4. The molecule has 126 valence electrons. The molecule has 0 spiro atoms. The maximum absolute atomic E-state index is 11.4. The quantitative estimate of drug-likeness (QED) is 0.861. The Hall–Kier alpha value is -2.29. The number of nitrogens with zero attached hydrogens (tertiary/aromatic N) is 2. The molecular weight excluding hydrogens is 296 g/mol. The number of carbonyl (C=O) groups excluding carboxylic acids is 1. The van der Waals surface area contributed by atoms with E-state index in [0.717, 1.165) is 39.0 Å². The van der Waals surface area contributed by atoms with Crippen LogP contribution in [0, 0.1) is 6.92 Å². The van der Waals surface area contributed by atoms with Crippen LogP contribution in [0.2, 0.25) is 0 Å². The van der Waals surface area contributed by atoms with Gasteiger partial charge < -0.3 is 9.80 Å². The van der Waals surface area contributed by atoms with Gasteiger partial charge in [0, 0.05) is 38.8 Å². The minimum Gasteiger partial charge on any atom is -0.368 e. The fraction of sp³-hybridized carbons (Fsp3) is 0.381. The fourth-order valence-corrected chi connectivity index (χ4v) is 3.20. The number of hydrogen-bond donors (Lipinski definition) is 0. The molecular formula is C21H26N2O. The third-order valence-corrected chi connectivity index (χ3v) is 4.85. The molecule has 2 aromatic rings. The lowest BCUT2D eigenvalue weighted by molar-refractivity contribution is -0.129. The molecule has 3 rings (SSSR count). The Morgan fingerprint density at radius 3 is 1.83 bits per heavy atom. The fourth-order valence-electron chi connectivity index (χ4n) is 3.20. The van der Waals surface area contributed by atoms with E-state index in [1.54, 1.807) is 6.92 Å². The molecule has 0 bridgehead atoms. The predicted molar refractivity (Wildman–Crippen MR) is 99.5 cm³/mol. The van der Waals surface area contributed by atoms with Gasteiger partial charge in [-0.1, -0.05) is 42.0 Å². The summed E-state index contributed by atoms with van der Waals surface area (Å²) in [6, 6.07) is 17.7. The molecule has 1 amide bonds. The van der Waals surface area contributed by atoms with Crippen molar-refractivity contribution in [3.8, 4) is 0 Å². The molecule has 0 aromatic heterocycles. The van der Waals surface area contributed by atoms with Crippen LogP contribution >= 0.6 is 0 Å². The molecule has 1 heterocycles. The van der Waals surface area contributed by atoms with Gasteiger partial charge in [-0.2, -0.15) is 0 Å². The number of aryl methyl sites for hydroxylation is 3. The van der Waals surface area contributed by atoms with Gasteiger partial charge in [-0.3, -0.25) is 4.79 Å². The van der Waals surface area contributed by atoms with Gasteiger partial charge in [0.25, 0.3) is 0 Å². The minimum atomic E-state index is 0.182. The summed E-state index contributed by atoms with van der Waals surface area (Å²) in [5.74, 6) is 0.182. The second-order valence-electron chi connectivity index (χ2n) is 6.65. The first kappa shape index (κ1) is 16.6. The molecule has 1 aliphatic rings. The normalized spacial score (nSPS) is 14.8. The topological polar surface area (TPSA) is 23.6 Å². The molecule has 1 fully saturated rings. The van der Waals surface area contributed by atoms with Crippen molar-refractivity contribution < 1.29 is 4.79 Å². The Labute approximate surface area is 144 Å². The van der Waals surface area contributed by atoms with E-state index in [2.05, 4.69) is 60.4 Å². The highest BCUT2D eigenvalue weighted by atomic mass is 16.2. The van der Waals surface area contributed by atoms with Crippen LogP contribution in [-0.4, -0.2) is 37.0 Å². The molecule has 0 unspecified atom stereocenters. The van der Waals surface area contributed by atoms with E-state index in [-0.39, 0.29) is 5.91 Å². The average molecular weight is 322 g/mol. The van der Waals surface area contributed by atoms with Crippen LogP contribution in [0.15, 0.2) is 48.5 Å². The molecule has 1 saturated heterocycles. The number of hydrogen-bond acceptors (Lipinski definition) is 2. The van der Waals surface area contributed by atoms with Gasteiger partial charge in [-0.15, -0.1) is 0 Å². The lowest BCUT2D eigenvalue weighted by Gasteiger charge is -2.35.